The van der Waals surface area contributed by atoms with Gasteiger partial charge >= 0.3 is 0 Å². The number of hydrogen-bond donors (Lipinski definition) is 4. The van der Waals surface area contributed by atoms with Crippen LogP contribution in [0.25, 0.3) is 22.6 Å². The summed E-state index contributed by atoms with van der Waals surface area (Å²) in [7, 11) is 0. The Morgan fingerprint density at radius 3 is 2.85 bits per heavy atom. The fourth-order valence-corrected chi connectivity index (χ4v) is 3.30. The number of H-pyrrole nitrogens is 1. The predicted octanol–water partition coefficient (Wildman–Crippen LogP) is -0.178. The van der Waals surface area contributed by atoms with Gasteiger partial charge < -0.3 is 20.7 Å². The Balaban J connectivity index is 2.00. The number of nitrogen functional groups attached to an aromatic ring is 1. The minimum absolute atomic E-state index is 0.0328. The molecule has 3 unspecified atom stereocenters. The Hall–Kier alpha value is -3.08. The van der Waals surface area contributed by atoms with Gasteiger partial charge in [-0.05, 0) is 0 Å². The second-order valence-corrected chi connectivity index (χ2v) is 6.25. The molecule has 10 nitrogen and oxygen atoms in total. The number of carbonyl (C=O) groups is 1. The molecule has 0 radical (unpaired) electrons. The molecule has 1 saturated heterocycles. The average molecular weight is 371 g/mol. The molecule has 140 valence electrons. The molecule has 0 aliphatic carbocycles. The van der Waals surface area contributed by atoms with Gasteiger partial charge in [0.05, 0.1) is 12.7 Å². The molecule has 1 fully saturated rings. The maximum Gasteiger partial charge on any atom is 0.280 e. The third-order valence-corrected chi connectivity index (χ3v) is 4.57. The minimum Gasteiger partial charge on any atom is -0.394 e. The molecule has 5 N–H and O–H groups in total. The lowest BCUT2D eigenvalue weighted by atomic mass is 10.1. The standard InChI is InChI=1S/C17H17N5O5/c18-17-20-15-13(16(26)21-17)19-14(9-4-2-1-3-8(9)6-23)22(15)12-5-10(25)11(7-24)27-12/h1-4,6,10-12,24-25H,5,7H2,(H3,18,20,21,26). The van der Waals surface area contributed by atoms with Crippen LogP contribution >= 0.6 is 0 Å². The van der Waals surface area contributed by atoms with Gasteiger partial charge in [0.1, 0.15) is 18.2 Å². The van der Waals surface area contributed by atoms with Gasteiger partial charge in [-0.3, -0.25) is 19.1 Å². The van der Waals surface area contributed by atoms with Gasteiger partial charge in [-0.1, -0.05) is 24.3 Å². The summed E-state index contributed by atoms with van der Waals surface area (Å²) in [4.78, 5) is 34.7. The summed E-state index contributed by atoms with van der Waals surface area (Å²) in [5.41, 5.74) is 6.21. The zero-order valence-electron chi connectivity index (χ0n) is 14.1. The molecule has 1 aliphatic heterocycles. The lowest BCUT2D eigenvalue weighted by molar-refractivity contribution is -0.0426. The van der Waals surface area contributed by atoms with Gasteiger partial charge in [0.15, 0.2) is 17.5 Å². The molecule has 0 bridgehead atoms. The molecule has 4 rings (SSSR count). The maximum atomic E-state index is 12.3. The number of fused-ring (bicyclic) bond motifs is 1. The predicted molar refractivity (Wildman–Crippen MR) is 95.0 cm³/mol. The number of ether oxygens (including phenoxy) is 1. The number of nitrogens with zero attached hydrogens (tertiary/aromatic N) is 3. The Labute approximate surface area is 152 Å². The molecule has 3 heterocycles. The second kappa shape index (κ2) is 6.58. The molecular formula is C17H17N5O5. The van der Waals surface area contributed by atoms with E-state index in [2.05, 4.69) is 15.0 Å². The van der Waals surface area contributed by atoms with E-state index in [4.69, 9.17) is 10.5 Å². The average Bonchev–Trinajstić information content (AvgIpc) is 3.21. The third kappa shape index (κ3) is 2.79. The number of hydrogen-bond acceptors (Lipinski definition) is 8. The first-order valence-electron chi connectivity index (χ1n) is 8.30. The van der Waals surface area contributed by atoms with Gasteiger partial charge in [0.2, 0.25) is 5.95 Å². The highest BCUT2D eigenvalue weighted by molar-refractivity contribution is 5.88. The van der Waals surface area contributed by atoms with Crippen molar-refractivity contribution in [1.29, 1.82) is 0 Å². The highest BCUT2D eigenvalue weighted by Crippen LogP contribution is 2.35. The minimum atomic E-state index is -0.897. The first-order valence-corrected chi connectivity index (χ1v) is 8.30. The number of aromatic amines is 1. The van der Waals surface area contributed by atoms with Crippen molar-refractivity contribution in [1.82, 2.24) is 19.5 Å². The van der Waals surface area contributed by atoms with Crippen molar-refractivity contribution in [2.24, 2.45) is 0 Å². The number of carbonyl (C=O) groups excluding carboxylic acids is 1. The Kier molecular flexibility index (Phi) is 4.22. The number of benzene rings is 1. The van der Waals surface area contributed by atoms with Crippen molar-refractivity contribution < 1.29 is 19.7 Å². The first kappa shape index (κ1) is 17.3. The number of aromatic nitrogens is 4. The number of anilines is 1. The summed E-state index contributed by atoms with van der Waals surface area (Å²) >= 11 is 0. The smallest absolute Gasteiger partial charge is 0.280 e. The number of aliphatic hydroxyl groups is 2. The number of nitrogens with one attached hydrogen (secondary N) is 1. The molecule has 3 atom stereocenters. The van der Waals surface area contributed by atoms with Crippen LogP contribution in [0.3, 0.4) is 0 Å². The molecule has 0 amide bonds. The van der Waals surface area contributed by atoms with Crippen LogP contribution in [0.5, 0.6) is 0 Å². The Bertz CT molecular complexity index is 1080. The number of aldehydes is 1. The summed E-state index contributed by atoms with van der Waals surface area (Å²) < 4.78 is 7.26. The van der Waals surface area contributed by atoms with Crippen LogP contribution in [-0.2, 0) is 4.74 Å². The van der Waals surface area contributed by atoms with Gasteiger partial charge in [-0.15, -0.1) is 0 Å². The third-order valence-electron chi connectivity index (χ3n) is 4.57. The fourth-order valence-electron chi connectivity index (χ4n) is 3.30. The van der Waals surface area contributed by atoms with Crippen LogP contribution < -0.4 is 11.3 Å². The lowest BCUT2D eigenvalue weighted by Crippen LogP contribution is -2.24. The molecule has 0 spiro atoms. The fraction of sp³-hybridized carbons (Fsp3) is 0.294. The molecule has 1 aliphatic rings. The van der Waals surface area contributed by atoms with Gasteiger partial charge in [-0.2, -0.15) is 4.98 Å². The van der Waals surface area contributed by atoms with Crippen molar-refractivity contribution in [3.8, 4) is 11.4 Å². The van der Waals surface area contributed by atoms with Gasteiger partial charge in [-0.25, -0.2) is 4.98 Å². The van der Waals surface area contributed by atoms with Crippen molar-refractivity contribution in [3.63, 3.8) is 0 Å². The normalized spacial score (nSPS) is 22.4. The quantitative estimate of drug-likeness (QED) is 0.460. The molecule has 3 aromatic rings. The Morgan fingerprint density at radius 2 is 2.15 bits per heavy atom. The number of rotatable bonds is 4. The van der Waals surface area contributed by atoms with Gasteiger partial charge in [0, 0.05) is 17.5 Å². The van der Waals surface area contributed by atoms with E-state index < -0.39 is 24.0 Å². The Morgan fingerprint density at radius 1 is 1.37 bits per heavy atom. The summed E-state index contributed by atoms with van der Waals surface area (Å²) in [5.74, 6) is 0.188. The number of aliphatic hydroxyl groups excluding tert-OH is 2. The van der Waals surface area contributed by atoms with E-state index in [1.807, 2.05) is 0 Å². The maximum absolute atomic E-state index is 12.3. The van der Waals surface area contributed by atoms with Crippen molar-refractivity contribution in [3.05, 3.63) is 40.2 Å². The van der Waals surface area contributed by atoms with Crippen LogP contribution in [0.4, 0.5) is 5.95 Å². The van der Waals surface area contributed by atoms with E-state index in [-0.39, 0.29) is 36.0 Å². The SMILES string of the molecule is Nc1nc2c(nc(-c3ccccc3C=O)n2C2CC(O)C(CO)O2)c(=O)[nH]1. The largest absolute Gasteiger partial charge is 0.394 e. The molecule has 10 heteroatoms. The van der Waals surface area contributed by atoms with E-state index in [1.54, 1.807) is 24.3 Å². The van der Waals surface area contributed by atoms with Crippen LogP contribution in [0.2, 0.25) is 0 Å². The van der Waals surface area contributed by atoms with Crippen LogP contribution in [0.1, 0.15) is 23.0 Å². The van der Waals surface area contributed by atoms with Gasteiger partial charge in [0.25, 0.3) is 5.56 Å². The van der Waals surface area contributed by atoms with E-state index in [1.165, 1.54) is 4.57 Å². The molecule has 2 aromatic heterocycles. The summed E-state index contributed by atoms with van der Waals surface area (Å²) in [5, 5.41) is 19.5. The number of imidazole rings is 1. The van der Waals surface area contributed by atoms with Crippen molar-refractivity contribution >= 4 is 23.4 Å². The molecule has 0 saturated carbocycles. The zero-order chi connectivity index (χ0) is 19.1. The van der Waals surface area contributed by atoms with Crippen LogP contribution in [-0.4, -0.2) is 54.8 Å². The number of nitrogens with two attached hydrogens (primary N) is 1. The summed E-state index contributed by atoms with van der Waals surface area (Å²) in [6, 6.07) is 6.76. The lowest BCUT2D eigenvalue weighted by Gasteiger charge is -2.17. The molecule has 27 heavy (non-hydrogen) atoms. The van der Waals surface area contributed by atoms with E-state index >= 15 is 0 Å². The summed E-state index contributed by atoms with van der Waals surface area (Å²) in [6.07, 6.45) is -1.58. The topological polar surface area (TPSA) is 156 Å². The van der Waals surface area contributed by atoms with Crippen LogP contribution in [0, 0.1) is 0 Å². The zero-order valence-corrected chi connectivity index (χ0v) is 14.1. The molecular weight excluding hydrogens is 354 g/mol. The van der Waals surface area contributed by atoms with E-state index in [9.17, 15) is 19.8 Å². The van der Waals surface area contributed by atoms with E-state index in [0.717, 1.165) is 0 Å². The van der Waals surface area contributed by atoms with Crippen LogP contribution in [0.15, 0.2) is 29.1 Å². The monoisotopic (exact) mass is 371 g/mol. The highest BCUT2D eigenvalue weighted by Gasteiger charge is 2.37. The van der Waals surface area contributed by atoms with Crippen molar-refractivity contribution in [2.45, 2.75) is 24.9 Å². The van der Waals surface area contributed by atoms with Crippen molar-refractivity contribution in [2.75, 3.05) is 12.3 Å². The second-order valence-electron chi connectivity index (χ2n) is 6.25. The van der Waals surface area contributed by atoms with E-state index in [0.29, 0.717) is 17.4 Å². The molecule has 1 aromatic carbocycles. The summed E-state index contributed by atoms with van der Waals surface area (Å²) in [6.45, 7) is -0.360. The highest BCUT2D eigenvalue weighted by atomic mass is 16.5. The first-order chi connectivity index (χ1) is 13.0.